The Labute approximate surface area is 74.4 Å². The molecule has 0 spiro atoms. The fourth-order valence-electron chi connectivity index (χ4n) is 0.809. The monoisotopic (exact) mass is 183 g/mol. The molecule has 0 aliphatic carbocycles. The molecular weight excluding hydrogens is 174 g/mol. The van der Waals surface area contributed by atoms with E-state index < -0.39 is 5.97 Å². The van der Waals surface area contributed by atoms with Crippen molar-refractivity contribution < 1.29 is 19.7 Å². The quantitative estimate of drug-likeness (QED) is 0.345. The summed E-state index contributed by atoms with van der Waals surface area (Å²) in [5, 5.41) is 18.0. The molecular formula is C8H9NO4. The molecule has 1 aromatic rings. The van der Waals surface area contributed by atoms with Crippen molar-refractivity contribution in [3.05, 3.63) is 23.8 Å². The number of carbonyl (C=O) groups excluding carboxylic acids is 1. The minimum Gasteiger partial charge on any atom is -0.504 e. The van der Waals surface area contributed by atoms with Crippen LogP contribution in [0.15, 0.2) is 18.2 Å². The number of hydrogen-bond acceptors (Lipinski definition) is 5. The van der Waals surface area contributed by atoms with E-state index in [-0.39, 0.29) is 23.8 Å². The van der Waals surface area contributed by atoms with Crippen molar-refractivity contribution >= 4 is 5.97 Å². The average molecular weight is 183 g/mol. The number of carbonyl (C=O) groups is 1. The predicted octanol–water partition coefficient (Wildman–Crippen LogP) is 0.171. The van der Waals surface area contributed by atoms with Crippen LogP contribution in [0.3, 0.4) is 0 Å². The van der Waals surface area contributed by atoms with Gasteiger partial charge in [-0.05, 0) is 18.2 Å². The number of phenols is 2. The van der Waals surface area contributed by atoms with Crippen LogP contribution in [0.25, 0.3) is 0 Å². The van der Waals surface area contributed by atoms with Gasteiger partial charge in [0, 0.05) is 0 Å². The summed E-state index contributed by atoms with van der Waals surface area (Å²) in [6, 6.07) is 3.63. The molecule has 4 N–H and O–H groups in total. The van der Waals surface area contributed by atoms with Crippen LogP contribution >= 0.6 is 0 Å². The molecule has 0 saturated heterocycles. The highest BCUT2D eigenvalue weighted by Gasteiger charge is 2.08. The zero-order valence-corrected chi connectivity index (χ0v) is 6.73. The van der Waals surface area contributed by atoms with Crippen LogP contribution in [0, 0.1) is 0 Å². The fourth-order valence-corrected chi connectivity index (χ4v) is 0.809. The topological polar surface area (TPSA) is 92.8 Å². The normalized spacial score (nSPS) is 9.62. The Hall–Kier alpha value is -1.75. The van der Waals surface area contributed by atoms with Gasteiger partial charge in [-0.1, -0.05) is 0 Å². The lowest BCUT2D eigenvalue weighted by Gasteiger charge is -2.02. The van der Waals surface area contributed by atoms with Crippen LogP contribution in [0.4, 0.5) is 0 Å². The maximum atomic E-state index is 11.0. The summed E-state index contributed by atoms with van der Waals surface area (Å²) in [4.78, 5) is 11.0. The van der Waals surface area contributed by atoms with Crippen LogP contribution < -0.4 is 5.73 Å². The molecule has 0 heterocycles. The Morgan fingerprint density at radius 2 is 2.08 bits per heavy atom. The summed E-state index contributed by atoms with van der Waals surface area (Å²) in [5.74, 6) is -1.30. The van der Waals surface area contributed by atoms with Gasteiger partial charge in [0.2, 0.25) is 0 Å². The standard InChI is InChI=1S/C8H9NO4/c9-4-13-8(12)5-1-2-6(10)7(11)3-5/h1-3,10-11H,4,9H2. The third-order valence-electron chi connectivity index (χ3n) is 1.43. The number of ether oxygens (including phenoxy) is 1. The molecule has 13 heavy (non-hydrogen) atoms. The van der Waals surface area contributed by atoms with Crippen molar-refractivity contribution in [2.24, 2.45) is 5.73 Å². The van der Waals surface area contributed by atoms with E-state index in [1.807, 2.05) is 0 Å². The molecule has 0 aliphatic rings. The Morgan fingerprint density at radius 3 is 2.62 bits per heavy atom. The lowest BCUT2D eigenvalue weighted by molar-refractivity contribution is 0.0515. The molecule has 0 atom stereocenters. The third-order valence-corrected chi connectivity index (χ3v) is 1.43. The van der Waals surface area contributed by atoms with Crippen LogP contribution in [-0.2, 0) is 4.74 Å². The first-order chi connectivity index (χ1) is 6.15. The van der Waals surface area contributed by atoms with Crippen molar-refractivity contribution in [3.63, 3.8) is 0 Å². The number of aromatic hydroxyl groups is 2. The van der Waals surface area contributed by atoms with Gasteiger partial charge in [0.15, 0.2) is 11.5 Å². The molecule has 0 unspecified atom stereocenters. The highest BCUT2D eigenvalue weighted by atomic mass is 16.5. The number of benzene rings is 1. The van der Waals surface area contributed by atoms with E-state index >= 15 is 0 Å². The van der Waals surface area contributed by atoms with E-state index in [1.165, 1.54) is 12.1 Å². The van der Waals surface area contributed by atoms with Crippen molar-refractivity contribution in [1.82, 2.24) is 0 Å². The SMILES string of the molecule is NCOC(=O)c1ccc(O)c(O)c1. The van der Waals surface area contributed by atoms with Crippen LogP contribution in [0.2, 0.25) is 0 Å². The van der Waals surface area contributed by atoms with Gasteiger partial charge >= 0.3 is 5.97 Å². The smallest absolute Gasteiger partial charge is 0.339 e. The van der Waals surface area contributed by atoms with E-state index in [2.05, 4.69) is 4.74 Å². The van der Waals surface area contributed by atoms with Gasteiger partial charge in [-0.3, -0.25) is 5.73 Å². The second kappa shape index (κ2) is 3.77. The zero-order valence-electron chi connectivity index (χ0n) is 6.73. The summed E-state index contributed by atoms with van der Waals surface area (Å²) in [6.45, 7) is -0.222. The van der Waals surface area contributed by atoms with Gasteiger partial charge in [0.05, 0.1) is 5.56 Å². The predicted molar refractivity (Wildman–Crippen MR) is 44.2 cm³/mol. The van der Waals surface area contributed by atoms with E-state index in [9.17, 15) is 4.79 Å². The molecule has 0 fully saturated rings. The van der Waals surface area contributed by atoms with Crippen molar-refractivity contribution in [3.8, 4) is 11.5 Å². The van der Waals surface area contributed by atoms with Crippen LogP contribution in [-0.4, -0.2) is 22.9 Å². The zero-order chi connectivity index (χ0) is 9.84. The summed E-state index contributed by atoms with van der Waals surface area (Å²) < 4.78 is 4.47. The van der Waals surface area contributed by atoms with E-state index in [0.29, 0.717) is 0 Å². The number of hydrogen-bond donors (Lipinski definition) is 3. The minimum atomic E-state index is -0.641. The Kier molecular flexibility index (Phi) is 2.71. The molecule has 5 heteroatoms. The average Bonchev–Trinajstić information content (AvgIpc) is 2.10. The maximum absolute atomic E-state index is 11.0. The fraction of sp³-hybridized carbons (Fsp3) is 0.125. The van der Waals surface area contributed by atoms with Gasteiger partial charge < -0.3 is 14.9 Å². The largest absolute Gasteiger partial charge is 0.504 e. The first kappa shape index (κ1) is 9.34. The Bertz CT molecular complexity index is 324. The van der Waals surface area contributed by atoms with Crippen LogP contribution in [0.5, 0.6) is 11.5 Å². The molecule has 1 rings (SSSR count). The summed E-state index contributed by atoms with van der Waals surface area (Å²) >= 11 is 0. The summed E-state index contributed by atoms with van der Waals surface area (Å²) in [6.07, 6.45) is 0. The Morgan fingerprint density at radius 1 is 1.38 bits per heavy atom. The molecule has 0 bridgehead atoms. The van der Waals surface area contributed by atoms with Gasteiger partial charge in [-0.25, -0.2) is 4.79 Å². The van der Waals surface area contributed by atoms with Crippen LogP contribution in [0.1, 0.15) is 10.4 Å². The molecule has 1 aromatic carbocycles. The lowest BCUT2D eigenvalue weighted by atomic mass is 10.2. The van der Waals surface area contributed by atoms with Gasteiger partial charge in [-0.15, -0.1) is 0 Å². The summed E-state index contributed by atoms with van der Waals surface area (Å²) in [5.41, 5.74) is 5.12. The molecule has 0 aromatic heterocycles. The minimum absolute atomic E-state index is 0.140. The maximum Gasteiger partial charge on any atom is 0.339 e. The van der Waals surface area contributed by atoms with E-state index in [1.54, 1.807) is 0 Å². The van der Waals surface area contributed by atoms with Crippen molar-refractivity contribution in [1.29, 1.82) is 0 Å². The number of esters is 1. The highest BCUT2D eigenvalue weighted by Crippen LogP contribution is 2.24. The highest BCUT2D eigenvalue weighted by molar-refractivity contribution is 5.90. The van der Waals surface area contributed by atoms with Gasteiger partial charge in [0.1, 0.15) is 6.73 Å². The first-order valence-corrected chi connectivity index (χ1v) is 3.54. The lowest BCUT2D eigenvalue weighted by Crippen LogP contribution is -2.11. The van der Waals surface area contributed by atoms with Gasteiger partial charge in [0.25, 0.3) is 0 Å². The Balaban J connectivity index is 2.90. The molecule has 0 aliphatic heterocycles. The second-order valence-electron chi connectivity index (χ2n) is 2.30. The van der Waals surface area contributed by atoms with Crippen molar-refractivity contribution in [2.45, 2.75) is 0 Å². The molecule has 5 nitrogen and oxygen atoms in total. The van der Waals surface area contributed by atoms with E-state index in [0.717, 1.165) is 6.07 Å². The first-order valence-electron chi connectivity index (χ1n) is 3.54. The second-order valence-corrected chi connectivity index (χ2v) is 2.30. The van der Waals surface area contributed by atoms with Crippen molar-refractivity contribution in [2.75, 3.05) is 6.73 Å². The summed E-state index contributed by atoms with van der Waals surface area (Å²) in [7, 11) is 0. The number of phenolic OH excluding ortho intramolecular Hbond substituents is 2. The number of nitrogens with two attached hydrogens (primary N) is 1. The molecule has 70 valence electrons. The van der Waals surface area contributed by atoms with E-state index in [4.69, 9.17) is 15.9 Å². The molecule has 0 radical (unpaired) electrons. The van der Waals surface area contributed by atoms with Gasteiger partial charge in [-0.2, -0.15) is 0 Å². The number of rotatable bonds is 2. The third kappa shape index (κ3) is 2.09. The molecule has 0 saturated carbocycles. The molecule has 0 amide bonds.